The molecule has 0 unspecified atom stereocenters. The second-order valence-electron chi connectivity index (χ2n) is 5.28. The van der Waals surface area contributed by atoms with E-state index in [0.717, 1.165) is 26.6 Å². The number of nitrogens with two attached hydrogens (primary N) is 1. The summed E-state index contributed by atoms with van der Waals surface area (Å²) >= 11 is 3.34. The van der Waals surface area contributed by atoms with E-state index in [1.165, 1.54) is 0 Å². The fourth-order valence-corrected chi connectivity index (χ4v) is 3.16. The first-order valence-corrected chi connectivity index (χ1v) is 9.45. The van der Waals surface area contributed by atoms with E-state index in [4.69, 9.17) is 10.5 Å². The number of carbonyl (C=O) groups excluding carboxylic acids is 2. The van der Waals surface area contributed by atoms with E-state index in [-0.39, 0.29) is 23.6 Å². The van der Waals surface area contributed by atoms with Crippen LogP contribution in [-0.2, 0) is 9.59 Å². The highest BCUT2D eigenvalue weighted by Gasteiger charge is 2.19. The van der Waals surface area contributed by atoms with Crippen LogP contribution in [0.15, 0.2) is 58.4 Å². The van der Waals surface area contributed by atoms with Crippen molar-refractivity contribution in [1.29, 1.82) is 0 Å². The summed E-state index contributed by atoms with van der Waals surface area (Å²) in [6.45, 7) is -0.0921. The Labute approximate surface area is 168 Å². The summed E-state index contributed by atoms with van der Waals surface area (Å²) in [5.74, 6) is -0.0100. The highest BCUT2D eigenvalue weighted by molar-refractivity contribution is 14.1. The van der Waals surface area contributed by atoms with Gasteiger partial charge in [0.2, 0.25) is 0 Å². The number of anilines is 1. The molecule has 1 aliphatic rings. The molecule has 2 amide bonds. The summed E-state index contributed by atoms with van der Waals surface area (Å²) in [5.41, 5.74) is 7.06. The fraction of sp³-hybridized carbons (Fsp3) is 0.0556. The predicted molar refractivity (Wildman–Crippen MR) is 112 cm³/mol. The third-order valence-corrected chi connectivity index (χ3v) is 4.84. The Morgan fingerprint density at radius 3 is 2.50 bits per heavy atom. The van der Waals surface area contributed by atoms with Gasteiger partial charge in [-0.05, 0) is 82.4 Å². The maximum atomic E-state index is 11.9. The first-order valence-electron chi connectivity index (χ1n) is 7.56. The van der Waals surface area contributed by atoms with Crippen molar-refractivity contribution in [3.05, 3.63) is 62.6 Å². The van der Waals surface area contributed by atoms with Crippen LogP contribution in [0.4, 0.5) is 5.69 Å². The summed E-state index contributed by atoms with van der Waals surface area (Å²) in [7, 11) is 0. The number of nitrogens with one attached hydrogen (secondary N) is 1. The zero-order valence-corrected chi connectivity index (χ0v) is 16.4. The number of hydrogen-bond donors (Lipinski definition) is 2. The molecule has 0 bridgehead atoms. The molecular weight excluding hydrogens is 465 g/mol. The lowest BCUT2D eigenvalue weighted by Crippen LogP contribution is -2.20. The number of nitrogens with zero attached hydrogens (tertiary/aromatic N) is 1. The lowest BCUT2D eigenvalue weighted by molar-refractivity contribution is -0.118. The van der Waals surface area contributed by atoms with Gasteiger partial charge in [0.15, 0.2) is 11.8 Å². The quantitative estimate of drug-likeness (QED) is 0.508. The zero-order chi connectivity index (χ0) is 18.5. The molecule has 132 valence electrons. The molecule has 0 aliphatic carbocycles. The van der Waals surface area contributed by atoms with Crippen molar-refractivity contribution in [1.82, 2.24) is 0 Å². The predicted octanol–water partition coefficient (Wildman–Crippen LogP) is 3.24. The maximum absolute atomic E-state index is 11.9. The minimum absolute atomic E-state index is 0.0921. The van der Waals surface area contributed by atoms with Crippen LogP contribution in [0, 0.1) is 3.57 Å². The van der Waals surface area contributed by atoms with E-state index in [9.17, 15) is 9.59 Å². The van der Waals surface area contributed by atoms with Crippen molar-refractivity contribution in [3.8, 4) is 5.75 Å². The molecule has 6 nitrogen and oxygen atoms in total. The molecule has 1 aliphatic heterocycles. The minimum Gasteiger partial charge on any atom is -0.484 e. The van der Waals surface area contributed by atoms with Gasteiger partial charge in [-0.1, -0.05) is 12.1 Å². The standard InChI is InChI=1S/C18H14IN3O3S/c19-12-3-5-13(6-4-12)21-16(23)10-25-14-7-1-11(2-8-14)9-15-17(24)22-18(20)26-15/h1-9H,10H2,(H,21,23)(H2,20,22,24)/b15-9-. The van der Waals surface area contributed by atoms with E-state index < -0.39 is 0 Å². The molecule has 2 aromatic carbocycles. The van der Waals surface area contributed by atoms with E-state index in [2.05, 4.69) is 32.9 Å². The number of rotatable bonds is 5. The van der Waals surface area contributed by atoms with Crippen LogP contribution in [-0.4, -0.2) is 23.6 Å². The van der Waals surface area contributed by atoms with Crippen LogP contribution < -0.4 is 15.8 Å². The maximum Gasteiger partial charge on any atom is 0.286 e. The Morgan fingerprint density at radius 1 is 1.19 bits per heavy atom. The van der Waals surface area contributed by atoms with Gasteiger partial charge in [0.05, 0.1) is 4.91 Å². The van der Waals surface area contributed by atoms with Gasteiger partial charge in [-0.25, -0.2) is 0 Å². The summed E-state index contributed by atoms with van der Waals surface area (Å²) in [6.07, 6.45) is 1.71. The van der Waals surface area contributed by atoms with E-state index in [0.29, 0.717) is 10.7 Å². The first kappa shape index (κ1) is 18.5. The molecule has 0 saturated heterocycles. The summed E-state index contributed by atoms with van der Waals surface area (Å²) in [4.78, 5) is 27.6. The van der Waals surface area contributed by atoms with E-state index >= 15 is 0 Å². The smallest absolute Gasteiger partial charge is 0.286 e. The van der Waals surface area contributed by atoms with Crippen molar-refractivity contribution in [2.24, 2.45) is 10.7 Å². The fourth-order valence-electron chi connectivity index (χ4n) is 2.12. The van der Waals surface area contributed by atoms with Crippen molar-refractivity contribution in [2.45, 2.75) is 0 Å². The number of thioether (sulfide) groups is 1. The number of halogens is 1. The molecule has 3 rings (SSSR count). The Balaban J connectivity index is 1.53. The van der Waals surface area contributed by atoms with Crippen molar-refractivity contribution < 1.29 is 14.3 Å². The van der Waals surface area contributed by atoms with Crippen molar-refractivity contribution in [2.75, 3.05) is 11.9 Å². The van der Waals surface area contributed by atoms with Gasteiger partial charge in [-0.2, -0.15) is 4.99 Å². The van der Waals surface area contributed by atoms with E-state index in [1.54, 1.807) is 30.3 Å². The monoisotopic (exact) mass is 479 g/mol. The molecule has 3 N–H and O–H groups in total. The molecule has 0 aromatic heterocycles. The van der Waals surface area contributed by atoms with Gasteiger partial charge in [0, 0.05) is 9.26 Å². The van der Waals surface area contributed by atoms with Crippen molar-refractivity contribution in [3.63, 3.8) is 0 Å². The number of hydrogen-bond acceptors (Lipinski definition) is 5. The lowest BCUT2D eigenvalue weighted by Gasteiger charge is -2.08. The number of aliphatic imine (C=N–C) groups is 1. The molecule has 0 fully saturated rings. The molecule has 26 heavy (non-hydrogen) atoms. The number of ether oxygens (including phenoxy) is 1. The van der Waals surface area contributed by atoms with Crippen LogP contribution >= 0.6 is 34.4 Å². The Kier molecular flexibility index (Phi) is 5.94. The topological polar surface area (TPSA) is 93.8 Å². The highest BCUT2D eigenvalue weighted by Crippen LogP contribution is 2.26. The molecule has 2 aromatic rings. The third kappa shape index (κ3) is 5.09. The SMILES string of the molecule is NC1=NC(=O)/C(=C/c2ccc(OCC(=O)Nc3ccc(I)cc3)cc2)S1. The number of benzene rings is 2. The van der Waals surface area contributed by atoms with E-state index in [1.807, 2.05) is 24.3 Å². The zero-order valence-electron chi connectivity index (χ0n) is 13.4. The molecule has 0 radical (unpaired) electrons. The van der Waals surface area contributed by atoms with Gasteiger partial charge in [-0.15, -0.1) is 0 Å². The summed E-state index contributed by atoms with van der Waals surface area (Å²) in [6, 6.07) is 14.6. The largest absolute Gasteiger partial charge is 0.484 e. The van der Waals surface area contributed by atoms with Crippen molar-refractivity contribution >= 4 is 63.1 Å². The van der Waals surface area contributed by atoms with Crippen LogP contribution in [0.1, 0.15) is 5.56 Å². The first-order chi connectivity index (χ1) is 12.5. The number of carbonyl (C=O) groups is 2. The van der Waals surface area contributed by atoms with Crippen LogP contribution in [0.25, 0.3) is 6.08 Å². The minimum atomic E-state index is -0.333. The number of amides is 2. The highest BCUT2D eigenvalue weighted by atomic mass is 127. The lowest BCUT2D eigenvalue weighted by atomic mass is 10.2. The van der Waals surface area contributed by atoms with Crippen LogP contribution in [0.2, 0.25) is 0 Å². The summed E-state index contributed by atoms with van der Waals surface area (Å²) < 4.78 is 6.57. The third-order valence-electron chi connectivity index (χ3n) is 3.31. The Morgan fingerprint density at radius 2 is 1.88 bits per heavy atom. The Bertz CT molecular complexity index is 893. The molecule has 0 saturated carbocycles. The normalized spacial score (nSPS) is 15.0. The molecule has 0 spiro atoms. The van der Waals surface area contributed by atoms with Gasteiger partial charge in [-0.3, -0.25) is 9.59 Å². The van der Waals surface area contributed by atoms with Gasteiger partial charge in [0.1, 0.15) is 5.75 Å². The van der Waals surface area contributed by atoms with Crippen LogP contribution in [0.5, 0.6) is 5.75 Å². The second kappa shape index (κ2) is 8.37. The van der Waals surface area contributed by atoms with Crippen LogP contribution in [0.3, 0.4) is 0 Å². The molecular formula is C18H14IN3O3S. The Hall–Kier alpha value is -2.33. The molecule has 8 heteroatoms. The van der Waals surface area contributed by atoms with Gasteiger partial charge < -0.3 is 15.8 Å². The average molecular weight is 479 g/mol. The van der Waals surface area contributed by atoms with Gasteiger partial charge >= 0.3 is 0 Å². The second-order valence-corrected chi connectivity index (χ2v) is 7.59. The number of amidine groups is 1. The molecule has 1 heterocycles. The van der Waals surface area contributed by atoms with Gasteiger partial charge in [0.25, 0.3) is 11.8 Å². The summed E-state index contributed by atoms with van der Waals surface area (Å²) in [5, 5.41) is 3.02. The average Bonchev–Trinajstić information content (AvgIpc) is 2.93. The molecule has 0 atom stereocenters.